The average molecular weight is 1350 g/mol. The summed E-state index contributed by atoms with van der Waals surface area (Å²) >= 11 is 24.3. The molecular weight excluding hydrogens is 1280 g/mol. The Kier molecular flexibility index (Phi) is 21.2. The number of hydrogen-bond acceptors (Lipinski definition) is 16. The molecule has 4 N–H and O–H groups in total. The van der Waals surface area contributed by atoms with Gasteiger partial charge in [-0.1, -0.05) is 115 Å². The normalized spacial score (nSPS) is 11.3. The van der Waals surface area contributed by atoms with Crippen molar-refractivity contribution < 1.29 is 32.7 Å². The van der Waals surface area contributed by atoms with Crippen LogP contribution in [0.25, 0.3) is 64.7 Å². The summed E-state index contributed by atoms with van der Waals surface area (Å²) in [5.41, 5.74) is 18.2. The summed E-state index contributed by atoms with van der Waals surface area (Å²) in [5, 5.41) is 19.3. The number of oxazole rings is 3. The van der Waals surface area contributed by atoms with E-state index in [9.17, 15) is 14.4 Å². The van der Waals surface area contributed by atoms with Crippen molar-refractivity contribution in [3.05, 3.63) is 230 Å². The summed E-state index contributed by atoms with van der Waals surface area (Å²) in [6.07, 6.45) is 14.2. The van der Waals surface area contributed by atoms with E-state index in [0.29, 0.717) is 26.2 Å². The number of aromatic nitrogens is 6. The first-order valence-corrected chi connectivity index (χ1v) is 32.3. The van der Waals surface area contributed by atoms with Gasteiger partial charge in [0.2, 0.25) is 0 Å². The lowest BCUT2D eigenvalue weighted by molar-refractivity contribution is 0.0696. The first-order valence-electron chi connectivity index (χ1n) is 28.5. The molecule has 0 aliphatic carbocycles. The summed E-state index contributed by atoms with van der Waals surface area (Å²) in [6.45, 7) is 19.3. The number of carboxylic acids is 1. The van der Waals surface area contributed by atoms with Gasteiger partial charge in [-0.15, -0.1) is 34.0 Å². The molecule has 2 amide bonds. The number of amides is 2. The molecular formula is C70H64Cl3N9O7S3. The maximum Gasteiger partial charge on any atom is 0.335 e. The number of anilines is 3. The van der Waals surface area contributed by atoms with Gasteiger partial charge >= 0.3 is 18.0 Å². The van der Waals surface area contributed by atoms with Crippen molar-refractivity contribution >= 4 is 105 Å². The summed E-state index contributed by atoms with van der Waals surface area (Å²) < 4.78 is 14.7. The molecule has 0 aliphatic rings. The minimum Gasteiger partial charge on any atom is -0.478 e. The van der Waals surface area contributed by atoms with Crippen LogP contribution in [0.15, 0.2) is 195 Å². The van der Waals surface area contributed by atoms with Crippen LogP contribution in [-0.4, -0.2) is 59.8 Å². The second kappa shape index (κ2) is 29.0. The highest BCUT2D eigenvalue weighted by Crippen LogP contribution is 2.41. The lowest BCUT2D eigenvalue weighted by Gasteiger charge is -2.17. The van der Waals surface area contributed by atoms with E-state index in [0.717, 1.165) is 81.8 Å². The highest BCUT2D eigenvalue weighted by atomic mass is 35.5. The molecule has 0 fully saturated rings. The first kappa shape index (κ1) is 67.3. The quantitative estimate of drug-likeness (QED) is 0.109. The number of halogens is 3. The Labute approximate surface area is 559 Å². The molecule has 0 saturated carbocycles. The first-order chi connectivity index (χ1) is 43.7. The summed E-state index contributed by atoms with van der Waals surface area (Å²) in [7, 11) is 1.61. The number of nitrogens with two attached hydrogens (primary N) is 1. The van der Waals surface area contributed by atoms with Crippen LogP contribution >= 0.6 is 68.8 Å². The molecule has 9 heterocycles. The number of carboxylic acid groups (broad SMARTS) is 1. The van der Waals surface area contributed by atoms with E-state index < -0.39 is 5.97 Å². The van der Waals surface area contributed by atoms with Crippen LogP contribution in [0.3, 0.4) is 0 Å². The van der Waals surface area contributed by atoms with Crippen molar-refractivity contribution in [1.29, 1.82) is 0 Å². The molecule has 0 saturated heterocycles. The molecule has 9 aromatic heterocycles. The SMILES string of the molecule is CC(C)(C)c1cc(-c2cc(-c3ccc(C(=O)Nc4ncco4)cc3Cl)cs2)ccn1.CC(C)(C)c1cc(-c2cc(-c3ccc(C(=O)O)cc3Cl)cs2)ccn1.CN(C(=O)c1ccc(-c2csc(-c3ccnc(C(C)(C)C)c3)c2)c(Cl)c1)c1ncco1.Nc1ncco1. The van der Waals surface area contributed by atoms with Gasteiger partial charge in [0, 0.05) is 116 Å². The second-order valence-electron chi connectivity index (χ2n) is 23.9. The Morgan fingerprint density at radius 1 is 0.467 bits per heavy atom. The van der Waals surface area contributed by atoms with E-state index in [2.05, 4.69) is 149 Å². The molecule has 0 atom stereocenters. The van der Waals surface area contributed by atoms with Crippen molar-refractivity contribution in [2.75, 3.05) is 23.0 Å². The summed E-state index contributed by atoms with van der Waals surface area (Å²) in [4.78, 5) is 65.7. The number of aromatic carboxylic acids is 1. The molecule has 12 rings (SSSR count). The van der Waals surface area contributed by atoms with Crippen LogP contribution in [0.4, 0.5) is 18.0 Å². The standard InChI is InChI=1S/C24H22ClN3O2S.C23H20ClN3O2S.C20H18ClNO2S.C3H4N2O/c1-24(2,3)21-13-15(7-8-26-21)20-12-17(14-31-20)18-6-5-16(11-19(18)25)22(29)28(4)23-27-9-10-30-23;1-23(2,3)20-12-14(6-7-25-20)19-11-16(13-30-19)17-5-4-15(10-18(17)24)21(28)27-22-26-8-9-29-22;1-20(2,3)18-10-12(6-7-22-18)17-9-14(11-25-17)15-5-4-13(19(23)24)8-16(15)21;4-3-5-1-2-6-3/h5-14H,1-4H3;4-13H,1-3H3,(H,26,27,28);4-11H,1-3H3,(H,23,24);1-2H,(H2,4,5). The van der Waals surface area contributed by atoms with E-state index in [4.69, 9.17) is 54.5 Å². The van der Waals surface area contributed by atoms with Crippen molar-refractivity contribution in [2.45, 2.75) is 78.6 Å². The van der Waals surface area contributed by atoms with E-state index in [1.54, 1.807) is 77.5 Å². The van der Waals surface area contributed by atoms with Crippen LogP contribution < -0.4 is 16.0 Å². The molecule has 0 radical (unpaired) electrons. The summed E-state index contributed by atoms with van der Waals surface area (Å²) in [5.74, 6) is -1.55. The van der Waals surface area contributed by atoms with Gasteiger partial charge < -0.3 is 24.1 Å². The zero-order valence-electron chi connectivity index (χ0n) is 51.8. The van der Waals surface area contributed by atoms with Gasteiger partial charge in [0.15, 0.2) is 0 Å². The molecule has 92 heavy (non-hydrogen) atoms. The molecule has 16 nitrogen and oxygen atoms in total. The van der Waals surface area contributed by atoms with Crippen LogP contribution in [0.5, 0.6) is 0 Å². The van der Waals surface area contributed by atoms with Crippen LogP contribution in [-0.2, 0) is 16.2 Å². The number of rotatable bonds is 11. The molecule has 0 spiro atoms. The predicted molar refractivity (Wildman–Crippen MR) is 372 cm³/mol. The lowest BCUT2D eigenvalue weighted by Crippen LogP contribution is -2.26. The molecule has 0 bridgehead atoms. The maximum absolute atomic E-state index is 12.7. The maximum atomic E-state index is 12.7. The van der Waals surface area contributed by atoms with E-state index in [-0.39, 0.29) is 51.7 Å². The number of hydrogen-bond donors (Lipinski definition) is 3. The van der Waals surface area contributed by atoms with Crippen molar-refractivity contribution in [3.8, 4) is 64.7 Å². The third kappa shape index (κ3) is 17.1. The predicted octanol–water partition coefficient (Wildman–Crippen LogP) is 19.7. The van der Waals surface area contributed by atoms with Crippen LogP contribution in [0.1, 0.15) is 110 Å². The van der Waals surface area contributed by atoms with Crippen LogP contribution in [0.2, 0.25) is 15.1 Å². The third-order valence-electron chi connectivity index (χ3n) is 13.9. The highest BCUT2D eigenvalue weighted by molar-refractivity contribution is 7.14. The topological polar surface area (TPSA) is 229 Å². The molecule has 22 heteroatoms. The van der Waals surface area contributed by atoms with Gasteiger partial charge in [0.25, 0.3) is 17.8 Å². The highest BCUT2D eigenvalue weighted by Gasteiger charge is 2.23. The fraction of sp³-hybridized carbons (Fsp3) is 0.186. The Morgan fingerprint density at radius 3 is 1.22 bits per heavy atom. The van der Waals surface area contributed by atoms with Crippen molar-refractivity contribution in [3.63, 3.8) is 0 Å². The molecule has 470 valence electrons. The van der Waals surface area contributed by atoms with Gasteiger partial charge in [-0.25, -0.2) is 19.7 Å². The van der Waals surface area contributed by atoms with Crippen molar-refractivity contribution in [2.24, 2.45) is 0 Å². The van der Waals surface area contributed by atoms with Crippen LogP contribution in [0, 0.1) is 0 Å². The van der Waals surface area contributed by atoms with E-state index in [1.165, 1.54) is 48.3 Å². The minimum absolute atomic E-state index is 0.00787. The number of benzene rings is 3. The third-order valence-corrected chi connectivity index (χ3v) is 17.8. The largest absolute Gasteiger partial charge is 0.478 e. The molecule has 3 aromatic carbocycles. The number of pyridine rings is 3. The second-order valence-corrected chi connectivity index (χ2v) is 27.8. The van der Waals surface area contributed by atoms with E-state index >= 15 is 0 Å². The lowest BCUT2D eigenvalue weighted by atomic mass is 9.90. The Morgan fingerprint density at radius 2 is 0.859 bits per heavy atom. The molecule has 0 aliphatic heterocycles. The minimum atomic E-state index is -0.981. The van der Waals surface area contributed by atoms with Gasteiger partial charge in [-0.2, -0.15) is 0 Å². The Balaban J connectivity index is 0.000000156. The molecule has 12 aromatic rings. The monoisotopic (exact) mass is 1340 g/mol. The summed E-state index contributed by atoms with van der Waals surface area (Å²) in [6, 6.07) is 34.7. The Hall–Kier alpha value is -9.08. The van der Waals surface area contributed by atoms with Crippen molar-refractivity contribution in [1.82, 2.24) is 29.9 Å². The number of thiophene rings is 3. The van der Waals surface area contributed by atoms with E-state index in [1.807, 2.05) is 54.3 Å². The van der Waals surface area contributed by atoms with Gasteiger partial charge in [-0.3, -0.25) is 34.8 Å². The fourth-order valence-corrected chi connectivity index (χ4v) is 12.5. The zero-order valence-corrected chi connectivity index (χ0v) is 56.5. The number of nitrogen functional groups attached to an aromatic ring is 1. The van der Waals surface area contributed by atoms with Gasteiger partial charge in [0.1, 0.15) is 18.8 Å². The fourth-order valence-electron chi connectivity index (χ4n) is 8.87. The smallest absolute Gasteiger partial charge is 0.335 e. The number of nitrogens with zero attached hydrogens (tertiary/aromatic N) is 7. The number of carbonyl (C=O) groups is 3. The number of nitrogens with one attached hydrogen (secondary N) is 1. The zero-order chi connectivity index (χ0) is 66.1. The molecule has 0 unspecified atom stereocenters. The average Bonchev–Trinajstić information content (AvgIpc) is 1.71. The van der Waals surface area contributed by atoms with Gasteiger partial charge in [-0.05, 0) is 141 Å². The number of carbonyl (C=O) groups excluding carboxylic acids is 2. The Bertz CT molecular complexity index is 4500. The van der Waals surface area contributed by atoms with Gasteiger partial charge in [0.05, 0.1) is 24.2 Å².